The van der Waals surface area contributed by atoms with Crippen LogP contribution in [0.25, 0.3) is 0 Å². The quantitative estimate of drug-likeness (QED) is 0.374. The third kappa shape index (κ3) is 9.79. The summed E-state index contributed by atoms with van der Waals surface area (Å²) in [4.78, 5) is 17.7. The fraction of sp³-hybridized carbons (Fsp3) is 0.462. The average molecular weight is 566 g/mol. The van der Waals surface area contributed by atoms with Crippen LogP contribution in [0, 0.1) is 0 Å². The third-order valence-electron chi connectivity index (χ3n) is 6.03. The Hall–Kier alpha value is -2.86. The van der Waals surface area contributed by atoms with E-state index in [0.717, 1.165) is 62.2 Å². The van der Waals surface area contributed by atoms with Gasteiger partial charge in [0.05, 0.1) is 12.8 Å². The molecule has 2 aromatic carbocycles. The van der Waals surface area contributed by atoms with Crippen LogP contribution in [0.4, 0.5) is 5.69 Å². The van der Waals surface area contributed by atoms with Crippen LogP contribution in [0.3, 0.4) is 0 Å². The molecule has 1 N–H and O–H groups in total. The van der Waals surface area contributed by atoms with Gasteiger partial charge in [-0.3, -0.25) is 14.0 Å². The molecule has 208 valence electrons. The highest BCUT2D eigenvalue weighted by atomic mass is 35.5. The highest BCUT2D eigenvalue weighted by molar-refractivity contribution is 7.85. The molecule has 12 heteroatoms. The zero-order chi connectivity index (χ0) is 27.5. The van der Waals surface area contributed by atoms with Gasteiger partial charge in [-0.05, 0) is 36.8 Å². The second-order valence-corrected chi connectivity index (χ2v) is 10.9. The lowest BCUT2D eigenvalue weighted by Gasteiger charge is -2.36. The van der Waals surface area contributed by atoms with E-state index < -0.39 is 10.1 Å². The Bertz CT molecular complexity index is 1300. The molecule has 1 aromatic heterocycles. The molecular formula is C26H36ClN5O5S. The summed E-state index contributed by atoms with van der Waals surface area (Å²) in [5.74, 6) is 1.62. The van der Waals surface area contributed by atoms with Gasteiger partial charge in [0.15, 0.2) is 0 Å². The fourth-order valence-electron chi connectivity index (χ4n) is 4.24. The second-order valence-electron chi connectivity index (χ2n) is 8.98. The van der Waals surface area contributed by atoms with Crippen molar-refractivity contribution in [3.05, 3.63) is 75.9 Å². The Labute approximate surface area is 229 Å². The van der Waals surface area contributed by atoms with E-state index in [4.69, 9.17) is 20.9 Å². The summed E-state index contributed by atoms with van der Waals surface area (Å²) < 4.78 is 35.0. The average Bonchev–Trinajstić information content (AvgIpc) is 3.18. The van der Waals surface area contributed by atoms with Gasteiger partial charge in [0.2, 0.25) is 0 Å². The van der Waals surface area contributed by atoms with E-state index in [0.29, 0.717) is 26.0 Å². The van der Waals surface area contributed by atoms with E-state index >= 15 is 0 Å². The highest BCUT2D eigenvalue weighted by Gasteiger charge is 2.18. The molecule has 3 aromatic rings. The first kappa shape index (κ1) is 29.7. The van der Waals surface area contributed by atoms with Crippen molar-refractivity contribution in [2.45, 2.75) is 32.9 Å². The molecule has 0 unspecified atom stereocenters. The molecule has 38 heavy (non-hydrogen) atoms. The number of aryl methyl sites for hydroxylation is 2. The summed E-state index contributed by atoms with van der Waals surface area (Å²) >= 11 is 6.13. The van der Waals surface area contributed by atoms with Crippen LogP contribution in [0.1, 0.15) is 19.2 Å². The standard InChI is InChI=1S/C25H32ClN5O2.CH4O3S/c1-2-24-27-31(25(32)30(24)18-19-33-23-10-4-3-5-11-23)13-7-12-28-14-16-29(17-15-28)22-9-6-8-21(26)20-22;1-5(2,3)4/h3-6,8-11,20H,2,7,12-19H2,1H3;1H3,(H,2,3,4). The first-order valence-corrected chi connectivity index (χ1v) is 14.9. The maximum Gasteiger partial charge on any atom is 0.346 e. The zero-order valence-corrected chi connectivity index (χ0v) is 23.4. The van der Waals surface area contributed by atoms with Crippen molar-refractivity contribution in [3.63, 3.8) is 0 Å². The number of nitrogens with zero attached hydrogens (tertiary/aromatic N) is 5. The Balaban J connectivity index is 0.000000732. The molecule has 1 saturated heterocycles. The molecule has 0 spiro atoms. The van der Waals surface area contributed by atoms with Crippen molar-refractivity contribution in [1.29, 1.82) is 0 Å². The minimum absolute atomic E-state index is 0.0470. The van der Waals surface area contributed by atoms with E-state index in [1.165, 1.54) is 5.69 Å². The van der Waals surface area contributed by atoms with Crippen molar-refractivity contribution in [1.82, 2.24) is 19.2 Å². The molecule has 0 bridgehead atoms. The number of hydrogen-bond donors (Lipinski definition) is 1. The van der Waals surface area contributed by atoms with Gasteiger partial charge in [-0.25, -0.2) is 9.48 Å². The maximum absolute atomic E-state index is 12.9. The van der Waals surface area contributed by atoms with E-state index in [2.05, 4.69) is 21.0 Å². The van der Waals surface area contributed by atoms with Crippen LogP contribution in [0.5, 0.6) is 5.75 Å². The summed E-state index contributed by atoms with van der Waals surface area (Å²) in [7, 11) is -3.67. The number of rotatable bonds is 10. The van der Waals surface area contributed by atoms with Gasteiger partial charge in [0, 0.05) is 56.4 Å². The van der Waals surface area contributed by atoms with Crippen LogP contribution in [0.15, 0.2) is 59.4 Å². The van der Waals surface area contributed by atoms with Crippen molar-refractivity contribution in [3.8, 4) is 5.75 Å². The summed E-state index contributed by atoms with van der Waals surface area (Å²) in [6.07, 6.45) is 2.34. The minimum Gasteiger partial charge on any atom is -0.492 e. The van der Waals surface area contributed by atoms with Crippen molar-refractivity contribution in [2.24, 2.45) is 0 Å². The lowest BCUT2D eigenvalue weighted by molar-refractivity contribution is 0.248. The molecule has 1 aliphatic rings. The number of hydrogen-bond acceptors (Lipinski definition) is 7. The number of halogens is 1. The Kier molecular flexibility index (Phi) is 11.2. The van der Waals surface area contributed by atoms with Gasteiger partial charge in [0.1, 0.15) is 18.2 Å². The van der Waals surface area contributed by atoms with Crippen LogP contribution in [0.2, 0.25) is 5.02 Å². The van der Waals surface area contributed by atoms with Gasteiger partial charge in [-0.15, -0.1) is 0 Å². The molecule has 0 atom stereocenters. The van der Waals surface area contributed by atoms with Gasteiger partial charge in [0.25, 0.3) is 10.1 Å². The predicted molar refractivity (Wildman–Crippen MR) is 150 cm³/mol. The Morgan fingerprint density at radius 1 is 1.00 bits per heavy atom. The lowest BCUT2D eigenvalue weighted by Crippen LogP contribution is -2.46. The van der Waals surface area contributed by atoms with E-state index in [1.807, 2.05) is 55.5 Å². The van der Waals surface area contributed by atoms with E-state index in [1.54, 1.807) is 9.25 Å². The highest BCUT2D eigenvalue weighted by Crippen LogP contribution is 2.20. The van der Waals surface area contributed by atoms with Crippen molar-refractivity contribution < 1.29 is 17.7 Å². The summed E-state index contributed by atoms with van der Waals surface area (Å²) in [6.45, 7) is 8.54. The molecule has 10 nitrogen and oxygen atoms in total. The van der Waals surface area contributed by atoms with Gasteiger partial charge in [-0.1, -0.05) is 42.8 Å². The van der Waals surface area contributed by atoms with Gasteiger partial charge in [-0.2, -0.15) is 13.5 Å². The topological polar surface area (TPSA) is 110 Å². The molecule has 0 aliphatic carbocycles. The monoisotopic (exact) mass is 565 g/mol. The first-order chi connectivity index (χ1) is 18.1. The van der Waals surface area contributed by atoms with Gasteiger partial charge >= 0.3 is 5.69 Å². The molecule has 0 amide bonds. The lowest BCUT2D eigenvalue weighted by atomic mass is 10.2. The number of ether oxygens (including phenoxy) is 1. The third-order valence-corrected chi connectivity index (χ3v) is 6.27. The molecule has 0 radical (unpaired) electrons. The maximum atomic E-state index is 12.9. The number of anilines is 1. The minimum atomic E-state index is -3.67. The Morgan fingerprint density at radius 3 is 2.32 bits per heavy atom. The fourth-order valence-corrected chi connectivity index (χ4v) is 4.42. The Morgan fingerprint density at radius 2 is 1.68 bits per heavy atom. The second kappa shape index (κ2) is 14.3. The number of aromatic nitrogens is 3. The molecule has 0 saturated carbocycles. The number of benzene rings is 2. The van der Waals surface area contributed by atoms with Crippen LogP contribution in [-0.4, -0.2) is 77.8 Å². The SMILES string of the molecule is CCc1nn(CCCN2CCN(c3cccc(Cl)c3)CC2)c(=O)n1CCOc1ccccc1.CS(=O)(=O)O. The molecular weight excluding hydrogens is 530 g/mol. The van der Waals surface area contributed by atoms with E-state index in [9.17, 15) is 13.2 Å². The first-order valence-electron chi connectivity index (χ1n) is 12.6. The van der Waals surface area contributed by atoms with E-state index in [-0.39, 0.29) is 5.69 Å². The smallest absolute Gasteiger partial charge is 0.346 e. The summed E-state index contributed by atoms with van der Waals surface area (Å²) in [5.41, 5.74) is 1.14. The van der Waals surface area contributed by atoms with Crippen LogP contribution >= 0.6 is 11.6 Å². The summed E-state index contributed by atoms with van der Waals surface area (Å²) in [6, 6.07) is 17.7. The molecule has 1 aliphatic heterocycles. The number of para-hydroxylation sites is 1. The number of piperazine rings is 1. The van der Waals surface area contributed by atoms with Crippen molar-refractivity contribution >= 4 is 27.4 Å². The molecule has 1 fully saturated rings. The molecule has 2 heterocycles. The predicted octanol–water partition coefficient (Wildman–Crippen LogP) is 3.06. The summed E-state index contributed by atoms with van der Waals surface area (Å²) in [5, 5.41) is 5.34. The van der Waals surface area contributed by atoms with Gasteiger partial charge < -0.3 is 9.64 Å². The molecule has 4 rings (SSSR count). The zero-order valence-electron chi connectivity index (χ0n) is 21.9. The normalized spacial score (nSPS) is 14.2. The van der Waals surface area contributed by atoms with Crippen molar-refractivity contribution in [2.75, 3.05) is 50.5 Å². The van der Waals surface area contributed by atoms with Crippen LogP contribution < -0.4 is 15.3 Å². The van der Waals surface area contributed by atoms with Crippen LogP contribution in [-0.2, 0) is 29.6 Å². The largest absolute Gasteiger partial charge is 0.492 e.